The van der Waals surface area contributed by atoms with Gasteiger partial charge in [0.2, 0.25) is 0 Å². The third-order valence-corrected chi connectivity index (χ3v) is 1.97. The molecule has 0 amide bonds. The molecule has 0 spiro atoms. The molecule has 0 bridgehead atoms. The second kappa shape index (κ2) is 4.01. The SMILES string of the molecule is COC(=O)c1cnc(C#N)c(Br)c1. The number of nitriles is 1. The smallest absolute Gasteiger partial charge is 0.339 e. The Morgan fingerprint density at radius 1 is 1.77 bits per heavy atom. The van der Waals surface area contributed by atoms with Gasteiger partial charge in [0.1, 0.15) is 6.07 Å². The summed E-state index contributed by atoms with van der Waals surface area (Å²) in [5.74, 6) is -0.474. The summed E-state index contributed by atoms with van der Waals surface area (Å²) in [7, 11) is 1.29. The van der Waals surface area contributed by atoms with Gasteiger partial charge in [-0.2, -0.15) is 5.26 Å². The minimum Gasteiger partial charge on any atom is -0.465 e. The summed E-state index contributed by atoms with van der Waals surface area (Å²) >= 11 is 3.11. The number of nitrogens with zero attached hydrogens (tertiary/aromatic N) is 2. The highest BCUT2D eigenvalue weighted by Gasteiger charge is 2.08. The molecule has 0 radical (unpaired) electrons. The van der Waals surface area contributed by atoms with Crippen molar-refractivity contribution in [2.45, 2.75) is 0 Å². The van der Waals surface area contributed by atoms with Crippen molar-refractivity contribution in [3.05, 3.63) is 28.0 Å². The van der Waals surface area contributed by atoms with Gasteiger partial charge in [-0.1, -0.05) is 0 Å². The molecule has 0 atom stereocenters. The lowest BCUT2D eigenvalue weighted by molar-refractivity contribution is 0.0600. The first-order valence-electron chi connectivity index (χ1n) is 3.33. The van der Waals surface area contributed by atoms with E-state index in [9.17, 15) is 4.79 Å². The number of pyridine rings is 1. The Hall–Kier alpha value is -1.41. The fourth-order valence-corrected chi connectivity index (χ4v) is 1.19. The van der Waals surface area contributed by atoms with Gasteiger partial charge in [-0.3, -0.25) is 0 Å². The van der Waals surface area contributed by atoms with Crippen molar-refractivity contribution in [2.75, 3.05) is 7.11 Å². The number of esters is 1. The van der Waals surface area contributed by atoms with Crippen molar-refractivity contribution < 1.29 is 9.53 Å². The van der Waals surface area contributed by atoms with Crippen molar-refractivity contribution in [1.82, 2.24) is 4.98 Å². The number of carbonyl (C=O) groups is 1. The molecule has 1 aromatic rings. The summed E-state index contributed by atoms with van der Waals surface area (Å²) in [5, 5.41) is 8.55. The number of ether oxygens (including phenoxy) is 1. The van der Waals surface area contributed by atoms with Crippen LogP contribution >= 0.6 is 15.9 Å². The van der Waals surface area contributed by atoms with Crippen LogP contribution in [-0.2, 0) is 4.74 Å². The Balaban J connectivity index is 3.11. The Morgan fingerprint density at radius 3 is 2.92 bits per heavy atom. The second-order valence-electron chi connectivity index (χ2n) is 2.16. The summed E-state index contributed by atoms with van der Waals surface area (Å²) in [5.41, 5.74) is 0.557. The standard InChI is InChI=1S/C8H5BrN2O2/c1-13-8(12)5-2-6(9)7(3-10)11-4-5/h2,4H,1H3. The largest absolute Gasteiger partial charge is 0.465 e. The molecule has 0 aliphatic heterocycles. The third-order valence-electron chi connectivity index (χ3n) is 1.37. The van der Waals surface area contributed by atoms with Gasteiger partial charge in [0.15, 0.2) is 5.69 Å². The van der Waals surface area contributed by atoms with Crippen molar-refractivity contribution in [3.8, 4) is 6.07 Å². The highest BCUT2D eigenvalue weighted by Crippen LogP contribution is 2.15. The van der Waals surface area contributed by atoms with Crippen molar-refractivity contribution >= 4 is 21.9 Å². The summed E-state index contributed by atoms with van der Waals surface area (Å²) in [6, 6.07) is 3.37. The molecule has 13 heavy (non-hydrogen) atoms. The molecule has 0 N–H and O–H groups in total. The minimum atomic E-state index is -0.474. The molecule has 1 aromatic heterocycles. The van der Waals surface area contributed by atoms with Gasteiger partial charge < -0.3 is 4.74 Å². The van der Waals surface area contributed by atoms with E-state index in [4.69, 9.17) is 5.26 Å². The van der Waals surface area contributed by atoms with E-state index in [1.54, 1.807) is 0 Å². The Morgan fingerprint density at radius 2 is 2.46 bits per heavy atom. The average Bonchev–Trinajstić information content (AvgIpc) is 2.16. The van der Waals surface area contributed by atoms with Gasteiger partial charge in [-0.25, -0.2) is 9.78 Å². The molecule has 0 unspecified atom stereocenters. The maximum Gasteiger partial charge on any atom is 0.339 e. The van der Waals surface area contributed by atoms with E-state index in [1.165, 1.54) is 19.4 Å². The van der Waals surface area contributed by atoms with Crippen LogP contribution in [0.4, 0.5) is 0 Å². The van der Waals surface area contributed by atoms with Crippen LogP contribution in [0.5, 0.6) is 0 Å². The molecule has 0 saturated heterocycles. The minimum absolute atomic E-state index is 0.243. The molecule has 0 fully saturated rings. The lowest BCUT2D eigenvalue weighted by atomic mass is 10.2. The quantitative estimate of drug-likeness (QED) is 0.699. The van der Waals surface area contributed by atoms with Gasteiger partial charge in [0.25, 0.3) is 0 Å². The molecular weight excluding hydrogens is 236 g/mol. The van der Waals surface area contributed by atoms with Crippen molar-refractivity contribution in [2.24, 2.45) is 0 Å². The molecule has 1 heterocycles. The van der Waals surface area contributed by atoms with Crippen LogP contribution in [0, 0.1) is 11.3 Å². The molecule has 4 nitrogen and oxygen atoms in total. The molecule has 66 valence electrons. The van der Waals surface area contributed by atoms with Crippen LogP contribution in [0.15, 0.2) is 16.7 Å². The summed E-state index contributed by atoms with van der Waals surface area (Å²) in [4.78, 5) is 14.8. The zero-order valence-corrected chi connectivity index (χ0v) is 8.33. The highest BCUT2D eigenvalue weighted by atomic mass is 79.9. The first-order chi connectivity index (χ1) is 6.19. The summed E-state index contributed by atoms with van der Waals surface area (Å²) < 4.78 is 4.97. The Kier molecular flexibility index (Phi) is 2.98. The van der Waals surface area contributed by atoms with E-state index in [0.29, 0.717) is 10.0 Å². The number of methoxy groups -OCH3 is 1. The number of hydrogen-bond donors (Lipinski definition) is 0. The molecular formula is C8H5BrN2O2. The molecule has 5 heteroatoms. The van der Waals surface area contributed by atoms with Gasteiger partial charge in [-0.05, 0) is 22.0 Å². The van der Waals surface area contributed by atoms with Gasteiger partial charge in [0, 0.05) is 6.20 Å². The Labute approximate surface area is 83.3 Å². The number of carbonyl (C=O) groups excluding carboxylic acids is 1. The van der Waals surface area contributed by atoms with Gasteiger partial charge in [-0.15, -0.1) is 0 Å². The summed E-state index contributed by atoms with van der Waals surface area (Å²) in [6.45, 7) is 0. The van der Waals surface area contributed by atoms with Gasteiger partial charge >= 0.3 is 5.97 Å². The topological polar surface area (TPSA) is 63.0 Å². The van der Waals surface area contributed by atoms with Crippen molar-refractivity contribution in [1.29, 1.82) is 5.26 Å². The maximum absolute atomic E-state index is 11.0. The van der Waals surface area contributed by atoms with E-state index < -0.39 is 5.97 Å². The van der Waals surface area contributed by atoms with E-state index in [-0.39, 0.29) is 5.69 Å². The van der Waals surface area contributed by atoms with Crippen LogP contribution < -0.4 is 0 Å². The first-order valence-corrected chi connectivity index (χ1v) is 4.12. The van der Waals surface area contributed by atoms with Crippen LogP contribution in [0.2, 0.25) is 0 Å². The number of halogens is 1. The monoisotopic (exact) mass is 240 g/mol. The number of aromatic nitrogens is 1. The van der Waals surface area contributed by atoms with E-state index in [2.05, 4.69) is 25.7 Å². The first kappa shape index (κ1) is 9.68. The molecule has 0 aromatic carbocycles. The fourth-order valence-electron chi connectivity index (χ4n) is 0.750. The zero-order valence-electron chi connectivity index (χ0n) is 6.74. The van der Waals surface area contributed by atoms with Crippen molar-refractivity contribution in [3.63, 3.8) is 0 Å². The zero-order chi connectivity index (χ0) is 9.84. The maximum atomic E-state index is 11.0. The second-order valence-corrected chi connectivity index (χ2v) is 3.01. The van der Waals surface area contributed by atoms with E-state index in [1.807, 2.05) is 6.07 Å². The lowest BCUT2D eigenvalue weighted by Crippen LogP contribution is -2.02. The Bertz CT molecular complexity index is 384. The molecule has 0 aliphatic carbocycles. The predicted octanol–water partition coefficient (Wildman–Crippen LogP) is 1.50. The highest BCUT2D eigenvalue weighted by molar-refractivity contribution is 9.10. The molecule has 0 saturated carbocycles. The molecule has 1 rings (SSSR count). The van der Waals surface area contributed by atoms with Crippen LogP contribution in [0.25, 0.3) is 0 Å². The van der Waals surface area contributed by atoms with E-state index >= 15 is 0 Å². The van der Waals surface area contributed by atoms with E-state index in [0.717, 1.165) is 0 Å². The third kappa shape index (κ3) is 2.04. The van der Waals surface area contributed by atoms with Gasteiger partial charge in [0.05, 0.1) is 17.1 Å². The fraction of sp³-hybridized carbons (Fsp3) is 0.125. The normalized spacial score (nSPS) is 9.00. The number of rotatable bonds is 1. The van der Waals surface area contributed by atoms with Crippen LogP contribution in [0.1, 0.15) is 16.1 Å². The van der Waals surface area contributed by atoms with Crippen LogP contribution in [-0.4, -0.2) is 18.1 Å². The lowest BCUT2D eigenvalue weighted by Gasteiger charge is -1.99. The number of hydrogen-bond acceptors (Lipinski definition) is 4. The predicted molar refractivity (Wildman–Crippen MR) is 48.0 cm³/mol. The molecule has 0 aliphatic rings. The van der Waals surface area contributed by atoms with Crippen LogP contribution in [0.3, 0.4) is 0 Å². The summed E-state index contributed by atoms with van der Waals surface area (Å²) in [6.07, 6.45) is 1.30. The average molecular weight is 241 g/mol.